The Labute approximate surface area is 88.9 Å². The molecular weight excluding hydrogens is 188 g/mol. The lowest BCUT2D eigenvalue weighted by atomic mass is 10.2. The number of hydrogen-bond acceptors (Lipinski definition) is 2. The van der Waals surface area contributed by atoms with E-state index in [9.17, 15) is 0 Å². The molecule has 1 heterocycles. The molecule has 0 radical (unpaired) electrons. The summed E-state index contributed by atoms with van der Waals surface area (Å²) < 4.78 is 5.66. The molecule has 0 aliphatic rings. The highest BCUT2D eigenvalue weighted by atomic mass is 16.5. The van der Waals surface area contributed by atoms with Crippen molar-refractivity contribution in [3.63, 3.8) is 0 Å². The van der Waals surface area contributed by atoms with E-state index in [-0.39, 0.29) is 0 Å². The fourth-order valence-electron chi connectivity index (χ4n) is 1.43. The SMILES string of the molecule is NCc1ccccc1OCc1ccc[nH]1. The molecule has 0 saturated heterocycles. The van der Waals surface area contributed by atoms with Crippen LogP contribution < -0.4 is 10.5 Å². The van der Waals surface area contributed by atoms with Crippen LogP contribution in [0.15, 0.2) is 42.6 Å². The van der Waals surface area contributed by atoms with Crippen LogP contribution in [0.1, 0.15) is 11.3 Å². The molecule has 78 valence electrons. The number of para-hydroxylation sites is 1. The van der Waals surface area contributed by atoms with Crippen LogP contribution in [0.4, 0.5) is 0 Å². The standard InChI is InChI=1S/C12H14N2O/c13-8-10-4-1-2-6-12(10)15-9-11-5-3-7-14-11/h1-7,14H,8-9,13H2. The molecule has 15 heavy (non-hydrogen) atoms. The van der Waals surface area contributed by atoms with Gasteiger partial charge in [-0.05, 0) is 18.2 Å². The minimum atomic E-state index is 0.501. The van der Waals surface area contributed by atoms with Crippen molar-refractivity contribution in [1.82, 2.24) is 4.98 Å². The van der Waals surface area contributed by atoms with Crippen molar-refractivity contribution in [2.75, 3.05) is 0 Å². The third-order valence-corrected chi connectivity index (χ3v) is 2.24. The predicted molar refractivity (Wildman–Crippen MR) is 59.5 cm³/mol. The maximum absolute atomic E-state index is 5.66. The highest BCUT2D eigenvalue weighted by Gasteiger charge is 2.01. The molecule has 0 fully saturated rings. The van der Waals surface area contributed by atoms with Gasteiger partial charge < -0.3 is 15.5 Å². The van der Waals surface area contributed by atoms with E-state index in [1.54, 1.807) is 0 Å². The lowest BCUT2D eigenvalue weighted by Crippen LogP contribution is -2.02. The van der Waals surface area contributed by atoms with Gasteiger partial charge in [-0.2, -0.15) is 0 Å². The Morgan fingerprint density at radius 1 is 1.13 bits per heavy atom. The van der Waals surface area contributed by atoms with Gasteiger partial charge in [0.1, 0.15) is 12.4 Å². The summed E-state index contributed by atoms with van der Waals surface area (Å²) in [6.07, 6.45) is 1.88. The summed E-state index contributed by atoms with van der Waals surface area (Å²) in [7, 11) is 0. The molecule has 2 rings (SSSR count). The van der Waals surface area contributed by atoms with Gasteiger partial charge in [0, 0.05) is 18.3 Å². The van der Waals surface area contributed by atoms with Crippen LogP contribution in [-0.4, -0.2) is 4.98 Å². The van der Waals surface area contributed by atoms with Gasteiger partial charge in [0.05, 0.1) is 5.69 Å². The summed E-state index contributed by atoms with van der Waals surface area (Å²) in [4.78, 5) is 3.09. The van der Waals surface area contributed by atoms with Gasteiger partial charge in [0.2, 0.25) is 0 Å². The van der Waals surface area contributed by atoms with Crippen molar-refractivity contribution < 1.29 is 4.74 Å². The first-order valence-electron chi connectivity index (χ1n) is 4.93. The van der Waals surface area contributed by atoms with Crippen LogP contribution >= 0.6 is 0 Å². The summed E-state index contributed by atoms with van der Waals surface area (Å²) in [5.41, 5.74) is 7.70. The summed E-state index contributed by atoms with van der Waals surface area (Å²) in [6, 6.07) is 11.8. The van der Waals surface area contributed by atoms with Crippen LogP contribution in [-0.2, 0) is 13.2 Å². The van der Waals surface area contributed by atoms with Gasteiger partial charge in [-0.3, -0.25) is 0 Å². The molecule has 3 N–H and O–H groups in total. The molecule has 0 aliphatic carbocycles. The molecule has 3 nitrogen and oxygen atoms in total. The number of aromatic amines is 1. The Morgan fingerprint density at radius 3 is 2.73 bits per heavy atom. The number of H-pyrrole nitrogens is 1. The van der Waals surface area contributed by atoms with E-state index in [1.165, 1.54) is 0 Å². The molecule has 0 bridgehead atoms. The molecule has 3 heteroatoms. The zero-order chi connectivity index (χ0) is 10.5. The van der Waals surface area contributed by atoms with Crippen LogP contribution in [0.3, 0.4) is 0 Å². The zero-order valence-electron chi connectivity index (χ0n) is 8.44. The third-order valence-electron chi connectivity index (χ3n) is 2.24. The minimum absolute atomic E-state index is 0.501. The highest BCUT2D eigenvalue weighted by molar-refractivity contribution is 5.33. The lowest BCUT2D eigenvalue weighted by Gasteiger charge is -2.08. The Morgan fingerprint density at radius 2 is 2.00 bits per heavy atom. The normalized spacial score (nSPS) is 10.2. The molecular formula is C12H14N2O. The maximum Gasteiger partial charge on any atom is 0.128 e. The Hall–Kier alpha value is -1.74. The van der Waals surface area contributed by atoms with Crippen LogP contribution in [0.2, 0.25) is 0 Å². The second kappa shape index (κ2) is 4.66. The Bertz CT molecular complexity index is 409. The molecule has 2 aromatic rings. The van der Waals surface area contributed by atoms with Crippen molar-refractivity contribution in [1.29, 1.82) is 0 Å². The van der Waals surface area contributed by atoms with Crippen LogP contribution in [0.25, 0.3) is 0 Å². The Balaban J connectivity index is 2.04. The van der Waals surface area contributed by atoms with Gasteiger partial charge in [-0.1, -0.05) is 18.2 Å². The molecule has 0 saturated carbocycles. The highest BCUT2D eigenvalue weighted by Crippen LogP contribution is 2.18. The van der Waals surface area contributed by atoms with Gasteiger partial charge in [0.15, 0.2) is 0 Å². The molecule has 0 spiro atoms. The second-order valence-corrected chi connectivity index (χ2v) is 3.30. The van der Waals surface area contributed by atoms with E-state index in [2.05, 4.69) is 4.98 Å². The summed E-state index contributed by atoms with van der Waals surface area (Å²) >= 11 is 0. The minimum Gasteiger partial charge on any atom is -0.487 e. The van der Waals surface area contributed by atoms with E-state index >= 15 is 0 Å². The van der Waals surface area contributed by atoms with E-state index in [4.69, 9.17) is 10.5 Å². The van der Waals surface area contributed by atoms with Crippen molar-refractivity contribution >= 4 is 0 Å². The second-order valence-electron chi connectivity index (χ2n) is 3.30. The molecule has 0 unspecified atom stereocenters. The molecule has 1 aromatic heterocycles. The summed E-state index contributed by atoms with van der Waals surface area (Å²) in [6.45, 7) is 1.05. The average Bonchev–Trinajstić information content (AvgIpc) is 2.79. The maximum atomic E-state index is 5.66. The molecule has 0 aliphatic heterocycles. The van der Waals surface area contributed by atoms with E-state index in [0.717, 1.165) is 17.0 Å². The van der Waals surface area contributed by atoms with E-state index in [0.29, 0.717) is 13.2 Å². The number of ether oxygens (including phenoxy) is 1. The number of rotatable bonds is 4. The van der Waals surface area contributed by atoms with E-state index in [1.807, 2.05) is 42.6 Å². The van der Waals surface area contributed by atoms with Gasteiger partial charge in [0.25, 0.3) is 0 Å². The summed E-state index contributed by atoms with van der Waals surface area (Å²) in [5, 5.41) is 0. The van der Waals surface area contributed by atoms with Crippen LogP contribution in [0, 0.1) is 0 Å². The van der Waals surface area contributed by atoms with E-state index < -0.39 is 0 Å². The molecule has 1 aromatic carbocycles. The quantitative estimate of drug-likeness (QED) is 0.797. The predicted octanol–water partition coefficient (Wildman–Crippen LogP) is 2.05. The fourth-order valence-corrected chi connectivity index (χ4v) is 1.43. The Kier molecular flexibility index (Phi) is 3.05. The lowest BCUT2D eigenvalue weighted by molar-refractivity contribution is 0.299. The summed E-state index contributed by atoms with van der Waals surface area (Å²) in [5.74, 6) is 0.856. The van der Waals surface area contributed by atoms with Crippen LogP contribution in [0.5, 0.6) is 5.75 Å². The smallest absolute Gasteiger partial charge is 0.128 e. The van der Waals surface area contributed by atoms with Gasteiger partial charge in [-0.15, -0.1) is 0 Å². The number of hydrogen-bond donors (Lipinski definition) is 2. The number of nitrogens with one attached hydrogen (secondary N) is 1. The van der Waals surface area contributed by atoms with Crippen molar-refractivity contribution in [3.8, 4) is 5.75 Å². The molecule has 0 amide bonds. The van der Waals surface area contributed by atoms with Crippen molar-refractivity contribution in [3.05, 3.63) is 53.9 Å². The number of nitrogens with two attached hydrogens (primary N) is 1. The van der Waals surface area contributed by atoms with Crippen molar-refractivity contribution in [2.24, 2.45) is 5.73 Å². The topological polar surface area (TPSA) is 51.0 Å². The van der Waals surface area contributed by atoms with Gasteiger partial charge in [-0.25, -0.2) is 0 Å². The first-order chi connectivity index (χ1) is 7.40. The largest absolute Gasteiger partial charge is 0.487 e. The number of aromatic nitrogens is 1. The fraction of sp³-hybridized carbons (Fsp3) is 0.167. The number of benzene rings is 1. The molecule has 0 atom stereocenters. The monoisotopic (exact) mass is 202 g/mol. The zero-order valence-corrected chi connectivity index (χ0v) is 8.44. The first-order valence-corrected chi connectivity index (χ1v) is 4.93. The average molecular weight is 202 g/mol. The van der Waals surface area contributed by atoms with Crippen molar-refractivity contribution in [2.45, 2.75) is 13.2 Å². The first kappa shape index (κ1) is 9.80. The third kappa shape index (κ3) is 2.39. The van der Waals surface area contributed by atoms with Gasteiger partial charge >= 0.3 is 0 Å².